The first-order valence-electron chi connectivity index (χ1n) is 4.11. The molecule has 0 aliphatic carbocycles. The number of rotatable bonds is 4. The molecular weight excluding hydrogens is 200 g/mol. The predicted octanol–water partition coefficient (Wildman–Crippen LogP) is 1.26. The highest BCUT2D eigenvalue weighted by molar-refractivity contribution is 7.85. The van der Waals surface area contributed by atoms with E-state index in [0.717, 1.165) is 0 Å². The summed E-state index contributed by atoms with van der Waals surface area (Å²) in [7, 11) is 0.397. The smallest absolute Gasteiger partial charge is 0.179 e. The molecule has 1 aromatic rings. The Morgan fingerprint density at radius 3 is 2.64 bits per heavy atom. The second-order valence-electron chi connectivity index (χ2n) is 2.84. The number of carbonyl (C=O) groups is 1. The van der Waals surface area contributed by atoms with E-state index in [9.17, 15) is 9.00 Å². The molecule has 1 rings (SSSR count). The maximum atomic E-state index is 11.6. The number of carbonyl (C=O) groups excluding carboxylic acids is 1. The maximum Gasteiger partial charge on any atom is 0.179 e. The van der Waals surface area contributed by atoms with E-state index < -0.39 is 10.8 Å². The molecule has 76 valence electrons. The molecule has 0 saturated heterocycles. The summed E-state index contributed by atoms with van der Waals surface area (Å²) in [6.07, 6.45) is 1.51. The van der Waals surface area contributed by atoms with Crippen LogP contribution >= 0.6 is 0 Å². The summed E-state index contributed by atoms with van der Waals surface area (Å²) >= 11 is 0. The van der Waals surface area contributed by atoms with E-state index in [2.05, 4.69) is 0 Å². The van der Waals surface area contributed by atoms with Crippen molar-refractivity contribution in [3.8, 4) is 5.75 Å². The van der Waals surface area contributed by atoms with Crippen molar-refractivity contribution < 1.29 is 13.7 Å². The molecule has 1 unspecified atom stereocenters. The van der Waals surface area contributed by atoms with Crippen LogP contribution in [-0.2, 0) is 10.8 Å². The van der Waals surface area contributed by atoms with Crippen LogP contribution in [0.5, 0.6) is 5.75 Å². The number of methoxy groups -OCH3 is 1. The first-order chi connectivity index (χ1) is 6.65. The van der Waals surface area contributed by atoms with Gasteiger partial charge in [0.1, 0.15) is 5.75 Å². The molecule has 3 nitrogen and oxygen atoms in total. The third kappa shape index (κ3) is 2.67. The predicted molar refractivity (Wildman–Crippen MR) is 56.3 cm³/mol. The van der Waals surface area contributed by atoms with Crippen molar-refractivity contribution in [3.05, 3.63) is 29.8 Å². The van der Waals surface area contributed by atoms with Crippen LogP contribution in [0.3, 0.4) is 0 Å². The molecule has 0 fully saturated rings. The number of ether oxygens (including phenoxy) is 1. The molecule has 0 saturated carbocycles. The minimum Gasteiger partial charge on any atom is -0.496 e. The SMILES string of the molecule is COc1ccccc1C(=O)CS(C)=O. The number of Topliss-reactive ketones (excluding diaryl/α,β-unsaturated/α-hetero) is 1. The Hall–Kier alpha value is -1.16. The molecular formula is C10H12O3S. The highest BCUT2D eigenvalue weighted by Crippen LogP contribution is 2.17. The standard InChI is InChI=1S/C10H12O3S/c1-13-10-6-4-3-5-8(10)9(11)7-14(2)12/h3-6H,7H2,1-2H3. The Labute approximate surface area is 85.5 Å². The van der Waals surface area contributed by atoms with Gasteiger partial charge >= 0.3 is 0 Å². The van der Waals surface area contributed by atoms with Crippen molar-refractivity contribution in [2.24, 2.45) is 0 Å². The average molecular weight is 212 g/mol. The van der Waals surface area contributed by atoms with Crippen LogP contribution in [0, 0.1) is 0 Å². The van der Waals surface area contributed by atoms with Crippen LogP contribution in [-0.4, -0.2) is 29.1 Å². The average Bonchev–Trinajstić information content (AvgIpc) is 2.16. The second kappa shape index (κ2) is 4.91. The van der Waals surface area contributed by atoms with E-state index in [1.807, 2.05) is 0 Å². The van der Waals surface area contributed by atoms with E-state index in [-0.39, 0.29) is 11.5 Å². The molecule has 0 N–H and O–H groups in total. The summed E-state index contributed by atoms with van der Waals surface area (Å²) in [6, 6.07) is 6.94. The zero-order valence-electron chi connectivity index (χ0n) is 8.15. The lowest BCUT2D eigenvalue weighted by molar-refractivity contribution is 0.101. The monoisotopic (exact) mass is 212 g/mol. The fraction of sp³-hybridized carbons (Fsp3) is 0.300. The van der Waals surface area contributed by atoms with Gasteiger partial charge in [-0.05, 0) is 12.1 Å². The van der Waals surface area contributed by atoms with Crippen molar-refractivity contribution in [1.29, 1.82) is 0 Å². The van der Waals surface area contributed by atoms with Crippen LogP contribution in [0.2, 0.25) is 0 Å². The van der Waals surface area contributed by atoms with Crippen LogP contribution in [0.1, 0.15) is 10.4 Å². The van der Waals surface area contributed by atoms with Crippen LogP contribution in [0.25, 0.3) is 0 Å². The molecule has 0 aliphatic heterocycles. The van der Waals surface area contributed by atoms with E-state index in [1.54, 1.807) is 24.3 Å². The van der Waals surface area contributed by atoms with Crippen molar-refractivity contribution in [2.45, 2.75) is 0 Å². The van der Waals surface area contributed by atoms with Gasteiger partial charge in [-0.3, -0.25) is 9.00 Å². The summed E-state index contributed by atoms with van der Waals surface area (Å²) in [4.78, 5) is 11.6. The lowest BCUT2D eigenvalue weighted by Crippen LogP contribution is -2.10. The number of benzene rings is 1. The van der Waals surface area contributed by atoms with Gasteiger partial charge < -0.3 is 4.74 Å². The minimum atomic E-state index is -1.11. The molecule has 0 heterocycles. The zero-order chi connectivity index (χ0) is 10.6. The van der Waals surface area contributed by atoms with Gasteiger partial charge in [-0.15, -0.1) is 0 Å². The fourth-order valence-electron chi connectivity index (χ4n) is 1.14. The first kappa shape index (κ1) is 10.9. The summed E-state index contributed by atoms with van der Waals surface area (Å²) in [5.74, 6) is 0.423. The van der Waals surface area contributed by atoms with Gasteiger partial charge in [-0.25, -0.2) is 0 Å². The number of ketones is 1. The fourth-order valence-corrected chi connectivity index (χ4v) is 1.66. The highest BCUT2D eigenvalue weighted by atomic mass is 32.2. The second-order valence-corrected chi connectivity index (χ2v) is 4.28. The topological polar surface area (TPSA) is 43.4 Å². The van der Waals surface area contributed by atoms with Crippen molar-refractivity contribution >= 4 is 16.6 Å². The van der Waals surface area contributed by atoms with Crippen molar-refractivity contribution in [1.82, 2.24) is 0 Å². The van der Waals surface area contributed by atoms with E-state index in [4.69, 9.17) is 4.74 Å². The first-order valence-corrected chi connectivity index (χ1v) is 5.84. The summed E-state index contributed by atoms with van der Waals surface area (Å²) in [5, 5.41) is 0. The van der Waals surface area contributed by atoms with Gasteiger partial charge in [0.2, 0.25) is 0 Å². The Morgan fingerprint density at radius 1 is 1.43 bits per heavy atom. The van der Waals surface area contributed by atoms with Crippen molar-refractivity contribution in [3.63, 3.8) is 0 Å². The van der Waals surface area contributed by atoms with E-state index in [1.165, 1.54) is 13.4 Å². The molecule has 0 aliphatic rings. The van der Waals surface area contributed by atoms with Crippen LogP contribution < -0.4 is 4.74 Å². The molecule has 1 atom stereocenters. The van der Waals surface area contributed by atoms with E-state index >= 15 is 0 Å². The lowest BCUT2D eigenvalue weighted by Gasteiger charge is -2.05. The minimum absolute atomic E-state index is 0.0420. The molecule has 4 heteroatoms. The van der Waals surface area contributed by atoms with Crippen LogP contribution in [0.15, 0.2) is 24.3 Å². The van der Waals surface area contributed by atoms with E-state index in [0.29, 0.717) is 11.3 Å². The van der Waals surface area contributed by atoms with Crippen molar-refractivity contribution in [2.75, 3.05) is 19.1 Å². The molecule has 0 radical (unpaired) electrons. The zero-order valence-corrected chi connectivity index (χ0v) is 8.97. The third-order valence-electron chi connectivity index (χ3n) is 1.74. The Balaban J connectivity index is 2.94. The molecule has 0 amide bonds. The van der Waals surface area contributed by atoms with Gasteiger partial charge in [0.25, 0.3) is 0 Å². The maximum absolute atomic E-state index is 11.6. The molecule has 0 spiro atoms. The Morgan fingerprint density at radius 2 is 2.07 bits per heavy atom. The Bertz CT molecular complexity index is 360. The molecule has 1 aromatic carbocycles. The Kier molecular flexibility index (Phi) is 3.83. The van der Waals surface area contributed by atoms with Gasteiger partial charge in [-0.2, -0.15) is 0 Å². The van der Waals surface area contributed by atoms with Gasteiger partial charge in [0.15, 0.2) is 5.78 Å². The lowest BCUT2D eigenvalue weighted by atomic mass is 10.1. The normalized spacial score (nSPS) is 12.1. The van der Waals surface area contributed by atoms with Gasteiger partial charge in [0.05, 0.1) is 18.4 Å². The number of hydrogen-bond acceptors (Lipinski definition) is 3. The largest absolute Gasteiger partial charge is 0.496 e. The van der Waals surface area contributed by atoms with Gasteiger partial charge in [0, 0.05) is 17.1 Å². The number of para-hydroxylation sites is 1. The quantitative estimate of drug-likeness (QED) is 0.706. The molecule has 14 heavy (non-hydrogen) atoms. The third-order valence-corrected chi connectivity index (χ3v) is 2.41. The summed E-state index contributed by atoms with van der Waals surface area (Å²) < 4.78 is 15.9. The van der Waals surface area contributed by atoms with Gasteiger partial charge in [-0.1, -0.05) is 12.1 Å². The molecule has 0 bridgehead atoms. The summed E-state index contributed by atoms with van der Waals surface area (Å²) in [6.45, 7) is 0. The summed E-state index contributed by atoms with van der Waals surface area (Å²) in [5.41, 5.74) is 0.491. The van der Waals surface area contributed by atoms with Crippen LogP contribution in [0.4, 0.5) is 0 Å². The highest BCUT2D eigenvalue weighted by Gasteiger charge is 2.12. The number of hydrogen-bond donors (Lipinski definition) is 0. The molecule has 0 aromatic heterocycles.